The van der Waals surface area contributed by atoms with Gasteiger partial charge >= 0.3 is 0 Å². The molecular formula is C29H31ClN6O. The minimum Gasteiger partial charge on any atom is -0.372 e. The molecule has 0 bridgehead atoms. The number of para-hydroxylation sites is 1. The predicted molar refractivity (Wildman–Crippen MR) is 151 cm³/mol. The molecule has 0 atom stereocenters. The normalized spacial score (nSPS) is 16.0. The number of rotatable bonds is 6. The van der Waals surface area contributed by atoms with Crippen LogP contribution in [0.15, 0.2) is 72.9 Å². The number of nitrogens with zero attached hydrogens (tertiary/aromatic N) is 5. The van der Waals surface area contributed by atoms with Crippen LogP contribution in [0.2, 0.25) is 5.02 Å². The summed E-state index contributed by atoms with van der Waals surface area (Å²) in [7, 11) is 0. The summed E-state index contributed by atoms with van der Waals surface area (Å²) < 4.78 is 2.02. The Morgan fingerprint density at radius 1 is 0.838 bits per heavy atom. The van der Waals surface area contributed by atoms with Crippen molar-refractivity contribution in [3.63, 3.8) is 0 Å². The fourth-order valence-electron chi connectivity index (χ4n) is 5.35. The van der Waals surface area contributed by atoms with Crippen LogP contribution < -0.4 is 15.1 Å². The van der Waals surface area contributed by atoms with Crippen LogP contribution in [0.1, 0.15) is 12.8 Å². The number of carbonyl (C=O) groups is 1. The van der Waals surface area contributed by atoms with Crippen molar-refractivity contribution in [2.45, 2.75) is 12.8 Å². The zero-order valence-corrected chi connectivity index (χ0v) is 21.6. The van der Waals surface area contributed by atoms with Gasteiger partial charge in [0.25, 0.3) is 0 Å². The van der Waals surface area contributed by atoms with E-state index in [-0.39, 0.29) is 12.5 Å². The molecule has 1 N–H and O–H groups in total. The molecule has 4 aromatic rings. The first-order valence-corrected chi connectivity index (χ1v) is 13.4. The third-order valence-corrected chi connectivity index (χ3v) is 7.69. The van der Waals surface area contributed by atoms with Crippen LogP contribution >= 0.6 is 11.6 Å². The molecule has 2 aliphatic heterocycles. The lowest BCUT2D eigenvalue weighted by molar-refractivity contribution is -0.129. The minimum absolute atomic E-state index is 0.0834. The molecule has 190 valence electrons. The van der Waals surface area contributed by atoms with E-state index in [1.807, 2.05) is 58.0 Å². The van der Waals surface area contributed by atoms with Gasteiger partial charge in [-0.3, -0.25) is 9.20 Å². The van der Waals surface area contributed by atoms with Crippen LogP contribution in [0.3, 0.4) is 0 Å². The van der Waals surface area contributed by atoms with E-state index in [9.17, 15) is 4.79 Å². The summed E-state index contributed by atoms with van der Waals surface area (Å²) in [5.41, 5.74) is 5.03. The molecule has 37 heavy (non-hydrogen) atoms. The third-order valence-electron chi connectivity index (χ3n) is 7.37. The molecule has 8 heteroatoms. The van der Waals surface area contributed by atoms with Gasteiger partial charge in [0.05, 0.1) is 17.3 Å². The second-order valence-electron chi connectivity index (χ2n) is 9.65. The maximum atomic E-state index is 13.2. The lowest BCUT2D eigenvalue weighted by Gasteiger charge is -2.36. The van der Waals surface area contributed by atoms with Crippen LogP contribution in [0.4, 0.5) is 17.2 Å². The van der Waals surface area contributed by atoms with E-state index in [4.69, 9.17) is 16.6 Å². The van der Waals surface area contributed by atoms with E-state index in [0.717, 1.165) is 59.6 Å². The number of imidazole rings is 1. The zero-order valence-electron chi connectivity index (χ0n) is 20.8. The summed E-state index contributed by atoms with van der Waals surface area (Å²) in [6.07, 6.45) is 4.50. The molecule has 2 aromatic heterocycles. The van der Waals surface area contributed by atoms with Gasteiger partial charge in [-0.15, -0.1) is 0 Å². The molecule has 0 spiro atoms. The van der Waals surface area contributed by atoms with E-state index in [2.05, 4.69) is 39.4 Å². The van der Waals surface area contributed by atoms with Crippen molar-refractivity contribution < 1.29 is 4.79 Å². The molecule has 4 heterocycles. The SMILES string of the molecule is O=C(CNc1c(-c2ccc(N3CCCC3)cc2)nc2ccccn12)N1CCN(c2ccccc2Cl)CC1. The van der Waals surface area contributed by atoms with E-state index in [1.165, 1.54) is 18.5 Å². The maximum Gasteiger partial charge on any atom is 0.242 e. The monoisotopic (exact) mass is 514 g/mol. The fraction of sp³-hybridized carbons (Fsp3) is 0.310. The van der Waals surface area contributed by atoms with Gasteiger partial charge in [0.1, 0.15) is 17.2 Å². The predicted octanol–water partition coefficient (Wildman–Crippen LogP) is 5.02. The highest BCUT2D eigenvalue weighted by Gasteiger charge is 2.23. The van der Waals surface area contributed by atoms with Gasteiger partial charge in [-0.05, 0) is 49.2 Å². The van der Waals surface area contributed by atoms with Gasteiger partial charge in [0.2, 0.25) is 5.91 Å². The molecule has 0 aliphatic carbocycles. The van der Waals surface area contributed by atoms with Gasteiger partial charge in [-0.2, -0.15) is 0 Å². The molecule has 6 rings (SSSR count). The maximum absolute atomic E-state index is 13.2. The van der Waals surface area contributed by atoms with E-state index >= 15 is 0 Å². The zero-order chi connectivity index (χ0) is 25.2. The summed E-state index contributed by atoms with van der Waals surface area (Å²) in [6, 6.07) is 22.5. The Kier molecular flexibility index (Phi) is 6.62. The summed E-state index contributed by atoms with van der Waals surface area (Å²) >= 11 is 6.38. The topological polar surface area (TPSA) is 56.1 Å². The molecule has 2 aromatic carbocycles. The smallest absolute Gasteiger partial charge is 0.242 e. The number of hydrogen-bond donors (Lipinski definition) is 1. The van der Waals surface area contributed by atoms with Crippen LogP contribution in [0.25, 0.3) is 16.9 Å². The Morgan fingerprint density at radius 2 is 1.57 bits per heavy atom. The van der Waals surface area contributed by atoms with E-state index in [1.54, 1.807) is 0 Å². The number of aromatic nitrogens is 2. The first-order valence-electron chi connectivity index (χ1n) is 13.0. The molecule has 7 nitrogen and oxygen atoms in total. The molecule has 0 unspecified atom stereocenters. The number of piperazine rings is 1. The number of anilines is 3. The Labute approximate surface area is 222 Å². The standard InChI is InChI=1S/C29H31ClN6O/c30-24-7-1-2-8-25(24)34-17-19-35(20-18-34)27(37)21-31-29-28(32-26-9-3-4-16-36(26)29)22-10-12-23(13-11-22)33-14-5-6-15-33/h1-4,7-13,16,31H,5-6,14-15,17-21H2. The second-order valence-corrected chi connectivity index (χ2v) is 10.1. The van der Waals surface area contributed by atoms with Gasteiger partial charge < -0.3 is 20.0 Å². The van der Waals surface area contributed by atoms with Crippen molar-refractivity contribution in [1.29, 1.82) is 0 Å². The lowest BCUT2D eigenvalue weighted by atomic mass is 10.1. The van der Waals surface area contributed by atoms with Crippen molar-refractivity contribution in [3.8, 4) is 11.3 Å². The number of halogens is 1. The van der Waals surface area contributed by atoms with E-state index < -0.39 is 0 Å². The number of pyridine rings is 1. The van der Waals surface area contributed by atoms with Crippen molar-refractivity contribution in [2.75, 3.05) is 60.9 Å². The van der Waals surface area contributed by atoms with Crippen molar-refractivity contribution in [2.24, 2.45) is 0 Å². The third kappa shape index (κ3) is 4.83. The van der Waals surface area contributed by atoms with Crippen LogP contribution in [0.5, 0.6) is 0 Å². The first-order chi connectivity index (χ1) is 18.2. The summed E-state index contributed by atoms with van der Waals surface area (Å²) in [4.78, 5) is 24.7. The number of amides is 1. The minimum atomic E-state index is 0.0834. The average Bonchev–Trinajstić information content (AvgIpc) is 3.61. The molecular weight excluding hydrogens is 484 g/mol. The molecule has 2 fully saturated rings. The number of hydrogen-bond acceptors (Lipinski definition) is 5. The molecule has 1 amide bonds. The largest absolute Gasteiger partial charge is 0.372 e. The van der Waals surface area contributed by atoms with Gasteiger partial charge in [-0.1, -0.05) is 41.9 Å². The van der Waals surface area contributed by atoms with Crippen molar-refractivity contribution in [1.82, 2.24) is 14.3 Å². The van der Waals surface area contributed by atoms with Gasteiger partial charge in [0, 0.05) is 56.7 Å². The Balaban J connectivity index is 1.16. The van der Waals surface area contributed by atoms with E-state index in [0.29, 0.717) is 13.1 Å². The first kappa shape index (κ1) is 23.7. The number of benzene rings is 2. The molecule has 2 saturated heterocycles. The van der Waals surface area contributed by atoms with Crippen LogP contribution in [-0.2, 0) is 4.79 Å². The van der Waals surface area contributed by atoms with Gasteiger partial charge in [0.15, 0.2) is 0 Å². The number of nitrogens with one attached hydrogen (secondary N) is 1. The molecule has 2 aliphatic rings. The Hall–Kier alpha value is -3.71. The second kappa shape index (κ2) is 10.3. The summed E-state index contributed by atoms with van der Waals surface area (Å²) in [6.45, 7) is 5.32. The van der Waals surface area contributed by atoms with Gasteiger partial charge in [-0.25, -0.2) is 4.98 Å². The Bertz CT molecular complexity index is 1390. The lowest BCUT2D eigenvalue weighted by Crippen LogP contribution is -2.50. The van der Waals surface area contributed by atoms with Crippen molar-refractivity contribution in [3.05, 3.63) is 77.9 Å². The quantitative estimate of drug-likeness (QED) is 0.392. The summed E-state index contributed by atoms with van der Waals surface area (Å²) in [5.74, 6) is 0.924. The fourth-order valence-corrected chi connectivity index (χ4v) is 5.60. The average molecular weight is 515 g/mol. The van der Waals surface area contributed by atoms with Crippen LogP contribution in [-0.4, -0.2) is 66.0 Å². The van der Waals surface area contributed by atoms with Crippen LogP contribution in [0, 0.1) is 0 Å². The number of carbonyl (C=O) groups excluding carboxylic acids is 1. The highest BCUT2D eigenvalue weighted by atomic mass is 35.5. The van der Waals surface area contributed by atoms with Crippen molar-refractivity contribution >= 4 is 40.3 Å². The molecule has 0 radical (unpaired) electrons. The number of fused-ring (bicyclic) bond motifs is 1. The highest BCUT2D eigenvalue weighted by molar-refractivity contribution is 6.33. The molecule has 0 saturated carbocycles. The summed E-state index contributed by atoms with van der Waals surface area (Å²) in [5, 5.41) is 4.17. The highest BCUT2D eigenvalue weighted by Crippen LogP contribution is 2.31. The Morgan fingerprint density at radius 3 is 2.32 bits per heavy atom.